The molecule has 2 atom stereocenters. The molecule has 7 nitrogen and oxygen atoms in total. The van der Waals surface area contributed by atoms with Gasteiger partial charge in [0.1, 0.15) is 17.1 Å². The summed E-state index contributed by atoms with van der Waals surface area (Å²) >= 11 is 6.66. The molecule has 4 N–H and O–H groups in total. The van der Waals surface area contributed by atoms with Crippen molar-refractivity contribution < 1.29 is 14.7 Å². The molecule has 8 heteroatoms. The van der Waals surface area contributed by atoms with Gasteiger partial charge in [0.25, 0.3) is 11.8 Å². The Hall–Kier alpha value is -4.23. The number of alkyl halides is 1. The highest BCUT2D eigenvalue weighted by Crippen LogP contribution is 2.48. The predicted molar refractivity (Wildman–Crippen MR) is 159 cm³/mol. The number of phenols is 1. The monoisotopic (exact) mass is 552 g/mol. The summed E-state index contributed by atoms with van der Waals surface area (Å²) in [6.45, 7) is 2.44. The van der Waals surface area contributed by atoms with E-state index >= 15 is 0 Å². The summed E-state index contributed by atoms with van der Waals surface area (Å²) < 4.78 is 0. The van der Waals surface area contributed by atoms with Gasteiger partial charge in [-0.05, 0) is 85.7 Å². The molecule has 2 aromatic heterocycles. The lowest BCUT2D eigenvalue weighted by Gasteiger charge is -2.24. The molecular weight excluding hydrogens is 524 g/mol. The van der Waals surface area contributed by atoms with Gasteiger partial charge in [-0.2, -0.15) is 0 Å². The summed E-state index contributed by atoms with van der Waals surface area (Å²) in [6, 6.07) is 18.7. The Morgan fingerprint density at radius 2 is 1.68 bits per heavy atom. The second-order valence-corrected chi connectivity index (χ2v) is 11.6. The van der Waals surface area contributed by atoms with Gasteiger partial charge in [-0.1, -0.05) is 18.2 Å². The molecule has 0 fully saturated rings. The summed E-state index contributed by atoms with van der Waals surface area (Å²) in [5.74, 6) is -0.137. The fourth-order valence-corrected chi connectivity index (χ4v) is 6.60. The number of benzene rings is 3. The first-order valence-electron chi connectivity index (χ1n) is 13.7. The van der Waals surface area contributed by atoms with Crippen molar-refractivity contribution in [3.63, 3.8) is 0 Å². The van der Waals surface area contributed by atoms with E-state index in [0.717, 1.165) is 64.3 Å². The zero-order chi connectivity index (χ0) is 27.5. The third kappa shape index (κ3) is 4.04. The van der Waals surface area contributed by atoms with Crippen LogP contribution in [0.25, 0.3) is 21.8 Å². The zero-order valence-electron chi connectivity index (χ0n) is 22.1. The summed E-state index contributed by atoms with van der Waals surface area (Å²) in [4.78, 5) is 34.9. The molecule has 1 aliphatic carbocycles. The van der Waals surface area contributed by atoms with Crippen LogP contribution in [-0.2, 0) is 12.8 Å². The molecule has 5 aromatic rings. The minimum absolute atomic E-state index is 0.00361. The lowest BCUT2D eigenvalue weighted by molar-refractivity contribution is 0.0982. The molecule has 0 radical (unpaired) electrons. The highest BCUT2D eigenvalue weighted by Gasteiger charge is 2.39. The van der Waals surface area contributed by atoms with Gasteiger partial charge in [0.05, 0.1) is 5.69 Å². The van der Waals surface area contributed by atoms with Crippen LogP contribution in [-0.4, -0.2) is 38.8 Å². The molecule has 7 rings (SSSR count). The maximum absolute atomic E-state index is 13.9. The molecule has 3 aromatic carbocycles. The number of aromatic nitrogens is 2. The van der Waals surface area contributed by atoms with Crippen LogP contribution in [0.1, 0.15) is 63.4 Å². The smallest absolute Gasteiger partial charge is 0.274 e. The fourth-order valence-electron chi connectivity index (χ4n) is 6.39. The minimum atomic E-state index is -0.236. The SMILES string of the molecule is C[C@@H](Cl)[C@H]1CN(C(=O)c2cc3cc(NC(=O)c4cc5ccccc5[nH]4)ccc3[nH]2)c2cc(O)c3c(c21)CCCC3. The molecule has 202 valence electrons. The van der Waals surface area contributed by atoms with Crippen LogP contribution in [0, 0.1) is 0 Å². The van der Waals surface area contributed by atoms with Crippen molar-refractivity contribution in [2.45, 2.75) is 43.9 Å². The number of fused-ring (bicyclic) bond motifs is 5. The number of halogens is 1. The highest BCUT2D eigenvalue weighted by atomic mass is 35.5. The number of aromatic amines is 2. The lowest BCUT2D eigenvalue weighted by Crippen LogP contribution is -2.31. The summed E-state index contributed by atoms with van der Waals surface area (Å²) in [5.41, 5.74) is 7.30. The molecule has 0 saturated heterocycles. The molecule has 1 aliphatic heterocycles. The van der Waals surface area contributed by atoms with Gasteiger partial charge in [-0.15, -0.1) is 11.6 Å². The average molecular weight is 553 g/mol. The lowest BCUT2D eigenvalue weighted by atomic mass is 9.83. The van der Waals surface area contributed by atoms with Crippen molar-refractivity contribution in [2.75, 3.05) is 16.8 Å². The van der Waals surface area contributed by atoms with Gasteiger partial charge in [0, 0.05) is 51.4 Å². The van der Waals surface area contributed by atoms with Gasteiger partial charge < -0.3 is 25.3 Å². The van der Waals surface area contributed by atoms with Crippen LogP contribution in [0.2, 0.25) is 0 Å². The number of anilines is 2. The minimum Gasteiger partial charge on any atom is -0.508 e. The maximum Gasteiger partial charge on any atom is 0.274 e. The summed E-state index contributed by atoms with van der Waals surface area (Å²) in [7, 11) is 0. The Morgan fingerprint density at radius 1 is 0.950 bits per heavy atom. The zero-order valence-corrected chi connectivity index (χ0v) is 22.8. The van der Waals surface area contributed by atoms with E-state index in [2.05, 4.69) is 15.3 Å². The van der Waals surface area contributed by atoms with Crippen molar-refractivity contribution in [1.82, 2.24) is 9.97 Å². The van der Waals surface area contributed by atoms with Crippen molar-refractivity contribution in [3.05, 3.63) is 88.7 Å². The summed E-state index contributed by atoms with van der Waals surface area (Å²) in [6.07, 6.45) is 3.88. The van der Waals surface area contributed by atoms with Crippen LogP contribution in [0.5, 0.6) is 5.75 Å². The number of para-hydroxylation sites is 1. The van der Waals surface area contributed by atoms with Gasteiger partial charge in [-0.25, -0.2) is 0 Å². The number of carbonyl (C=O) groups is 2. The molecule has 0 bridgehead atoms. The fraction of sp³-hybridized carbons (Fsp3) is 0.250. The molecule has 0 spiro atoms. The Labute approximate surface area is 236 Å². The maximum atomic E-state index is 13.9. The number of nitrogens with zero attached hydrogens (tertiary/aromatic N) is 1. The Bertz CT molecular complexity index is 1790. The normalized spacial score (nSPS) is 17.1. The van der Waals surface area contributed by atoms with E-state index < -0.39 is 0 Å². The van der Waals surface area contributed by atoms with Crippen LogP contribution >= 0.6 is 11.6 Å². The second kappa shape index (κ2) is 9.45. The molecule has 40 heavy (non-hydrogen) atoms. The van der Waals surface area contributed by atoms with Gasteiger partial charge in [0.15, 0.2) is 0 Å². The number of nitrogens with one attached hydrogen (secondary N) is 3. The number of phenolic OH excluding ortho intramolecular Hbond substituents is 1. The number of amides is 2. The molecule has 2 aliphatic rings. The van der Waals surface area contributed by atoms with Crippen LogP contribution in [0.3, 0.4) is 0 Å². The second-order valence-electron chi connectivity index (χ2n) is 10.9. The van der Waals surface area contributed by atoms with Gasteiger partial charge in [0.2, 0.25) is 0 Å². The molecule has 0 saturated carbocycles. The Kier molecular flexibility index (Phi) is 5.86. The predicted octanol–water partition coefficient (Wildman–Crippen LogP) is 6.86. The quantitative estimate of drug-likeness (QED) is 0.183. The van der Waals surface area contributed by atoms with Crippen LogP contribution < -0.4 is 10.2 Å². The standard InChI is InChI=1S/C32H29ClN4O3/c1-17(33)23-16-37(28-15-29(38)21-7-3-4-8-22(21)30(23)28)32(40)27-14-19-12-20(10-11-25(19)36-27)34-31(39)26-13-18-6-2-5-9-24(18)35-26/h2,5-6,9-15,17,23,35-36,38H,3-4,7-8,16H2,1H3,(H,34,39)/t17-,23-/m1/s1. The first-order valence-corrected chi connectivity index (χ1v) is 14.2. The molecular formula is C32H29ClN4O3. The van der Waals surface area contributed by atoms with Crippen molar-refractivity contribution >= 4 is 56.6 Å². The van der Waals surface area contributed by atoms with Crippen LogP contribution in [0.4, 0.5) is 11.4 Å². The number of rotatable bonds is 4. The number of H-pyrrole nitrogens is 2. The molecule has 2 amide bonds. The van der Waals surface area contributed by atoms with Gasteiger partial charge in [-0.3, -0.25) is 9.59 Å². The van der Waals surface area contributed by atoms with E-state index in [4.69, 9.17) is 11.6 Å². The largest absolute Gasteiger partial charge is 0.508 e. The average Bonchev–Trinajstić information content (AvgIpc) is 3.67. The molecule has 3 heterocycles. The van der Waals surface area contributed by atoms with E-state index in [1.54, 1.807) is 11.0 Å². The number of carbonyl (C=O) groups excluding carboxylic acids is 2. The van der Waals surface area contributed by atoms with E-state index in [9.17, 15) is 14.7 Å². The first kappa shape index (κ1) is 24.8. The highest BCUT2D eigenvalue weighted by molar-refractivity contribution is 6.21. The van der Waals surface area contributed by atoms with Gasteiger partial charge >= 0.3 is 0 Å². The number of aromatic hydroxyl groups is 1. The van der Waals surface area contributed by atoms with E-state index in [-0.39, 0.29) is 28.9 Å². The Morgan fingerprint density at radius 3 is 2.48 bits per heavy atom. The van der Waals surface area contributed by atoms with Crippen LogP contribution in [0.15, 0.2) is 60.7 Å². The first-order chi connectivity index (χ1) is 19.4. The topological polar surface area (TPSA) is 101 Å². The van der Waals surface area contributed by atoms with Crippen molar-refractivity contribution in [2.24, 2.45) is 0 Å². The number of hydrogen-bond donors (Lipinski definition) is 4. The third-order valence-electron chi connectivity index (χ3n) is 8.38. The Balaban J connectivity index is 1.18. The number of hydrogen-bond acceptors (Lipinski definition) is 3. The third-order valence-corrected chi connectivity index (χ3v) is 8.68. The summed E-state index contributed by atoms with van der Waals surface area (Å²) in [5, 5.41) is 15.4. The van der Waals surface area contributed by atoms with E-state index in [1.165, 1.54) is 5.56 Å². The van der Waals surface area contributed by atoms with Crippen molar-refractivity contribution in [3.8, 4) is 5.75 Å². The molecule has 0 unspecified atom stereocenters. The van der Waals surface area contributed by atoms with E-state index in [1.807, 2.05) is 61.5 Å². The van der Waals surface area contributed by atoms with Crippen molar-refractivity contribution in [1.29, 1.82) is 0 Å². The van der Waals surface area contributed by atoms with E-state index in [0.29, 0.717) is 23.6 Å².